The Morgan fingerprint density at radius 2 is 0.825 bits per heavy atom. The normalized spacial score (nSPS) is 11.1. The summed E-state index contributed by atoms with van der Waals surface area (Å²) in [5, 5.41) is 4.86. The van der Waals surface area contributed by atoms with Gasteiger partial charge in [0.2, 0.25) is 0 Å². The van der Waals surface area contributed by atoms with Crippen molar-refractivity contribution in [3.8, 4) is 0 Å². The number of halogens is 2. The van der Waals surface area contributed by atoms with Gasteiger partial charge < -0.3 is 27.9 Å². The standard InChI is InChI=1S/C17H25N3Si.C12H10Cl2Si.C2H8N2/c18-12-7-15-21(20-14-13-19,16-8-3-1-4-9-16)17-10-5-2-6-11-17;13-15(14,11-7-3-1-4-8-11)12-9-5-2-6-10-12;3-1-2-4/h1-6,8-11,20H,7,12-15,18-19H2;1-10H;1-4H2. The van der Waals surface area contributed by atoms with Crippen molar-refractivity contribution < 1.29 is 0 Å². The zero-order chi connectivity index (χ0) is 29.1. The number of nitrogens with one attached hydrogen (secondary N) is 1. The summed E-state index contributed by atoms with van der Waals surface area (Å²) in [7, 11) is -2.00. The predicted molar refractivity (Wildman–Crippen MR) is 181 cm³/mol. The second kappa shape index (κ2) is 18.9. The molecule has 4 rings (SSSR count). The zero-order valence-electron chi connectivity index (χ0n) is 23.1. The molecule has 40 heavy (non-hydrogen) atoms. The fourth-order valence-corrected chi connectivity index (χ4v) is 11.7. The van der Waals surface area contributed by atoms with Crippen LogP contribution in [-0.4, -0.2) is 47.7 Å². The van der Waals surface area contributed by atoms with Gasteiger partial charge in [-0.1, -0.05) is 121 Å². The molecule has 0 aliphatic heterocycles. The molecule has 0 heterocycles. The molecule has 214 valence electrons. The third-order valence-corrected chi connectivity index (χ3v) is 15.6. The number of rotatable bonds is 11. The molecule has 9 N–H and O–H groups in total. The van der Waals surface area contributed by atoms with Crippen LogP contribution in [0.4, 0.5) is 0 Å². The van der Waals surface area contributed by atoms with E-state index in [9.17, 15) is 0 Å². The highest BCUT2D eigenvalue weighted by Crippen LogP contribution is 2.15. The summed E-state index contributed by atoms with van der Waals surface area (Å²) in [5.74, 6) is 0. The summed E-state index contributed by atoms with van der Waals surface area (Å²) < 4.78 is 0. The number of hydrogen-bond acceptors (Lipinski definition) is 5. The van der Waals surface area contributed by atoms with Gasteiger partial charge in [0.1, 0.15) is 0 Å². The lowest BCUT2D eigenvalue weighted by molar-refractivity contribution is 0.848. The molecule has 0 radical (unpaired) electrons. The van der Waals surface area contributed by atoms with Crippen LogP contribution in [0.15, 0.2) is 121 Å². The fraction of sp³-hybridized carbons (Fsp3) is 0.226. The first kappa shape index (κ1) is 33.9. The SMILES string of the molecule is Cl[Si](Cl)(c1ccccc1)c1ccccc1.NCCC[Si](NCCN)(c1ccccc1)c1ccccc1.NCCN. The molecule has 9 heteroatoms. The Hall–Kier alpha value is -2.31. The molecule has 0 aliphatic rings. The van der Waals surface area contributed by atoms with Crippen molar-refractivity contribution >= 4 is 57.8 Å². The Bertz CT molecular complexity index is 1080. The molecule has 0 aromatic heterocycles. The lowest BCUT2D eigenvalue weighted by Gasteiger charge is -2.34. The van der Waals surface area contributed by atoms with Gasteiger partial charge in [-0.3, -0.25) is 0 Å². The molecule has 0 aliphatic carbocycles. The van der Waals surface area contributed by atoms with Crippen molar-refractivity contribution in [3.63, 3.8) is 0 Å². The summed E-state index contributed by atoms with van der Waals surface area (Å²) >= 11 is 13.0. The smallest absolute Gasteiger partial charge is 0.310 e. The summed E-state index contributed by atoms with van der Waals surface area (Å²) in [6, 6.07) is 42.4. The number of benzene rings is 4. The highest BCUT2D eigenvalue weighted by atomic mass is 35.7. The third-order valence-electron chi connectivity index (χ3n) is 6.30. The van der Waals surface area contributed by atoms with Gasteiger partial charge in [-0.05, 0) is 39.8 Å². The molecule has 0 saturated heterocycles. The molecule has 4 aromatic rings. The molecule has 0 amide bonds. The molecule has 4 aromatic carbocycles. The number of nitrogens with two attached hydrogens (primary N) is 4. The minimum Gasteiger partial charge on any atom is -0.330 e. The van der Waals surface area contributed by atoms with Gasteiger partial charge in [0.25, 0.3) is 0 Å². The zero-order valence-corrected chi connectivity index (χ0v) is 26.6. The van der Waals surface area contributed by atoms with Crippen molar-refractivity contribution in [3.05, 3.63) is 121 Å². The van der Waals surface area contributed by atoms with E-state index < -0.39 is 14.9 Å². The molecule has 0 spiro atoms. The Balaban J connectivity index is 0.000000257. The van der Waals surface area contributed by atoms with Crippen LogP contribution in [0.5, 0.6) is 0 Å². The van der Waals surface area contributed by atoms with Crippen molar-refractivity contribution in [2.75, 3.05) is 32.7 Å². The largest absolute Gasteiger partial charge is 0.330 e. The average Bonchev–Trinajstić information content (AvgIpc) is 3.03. The van der Waals surface area contributed by atoms with E-state index in [4.69, 9.17) is 45.1 Å². The van der Waals surface area contributed by atoms with Gasteiger partial charge in [-0.2, -0.15) is 0 Å². The fourth-order valence-electron chi connectivity index (χ4n) is 4.31. The maximum atomic E-state index is 6.49. The second-order valence-corrected chi connectivity index (χ2v) is 19.2. The quantitative estimate of drug-likeness (QED) is 0.132. The molecular formula is C31H43Cl2N5Si2. The topological polar surface area (TPSA) is 116 Å². The molecule has 0 atom stereocenters. The Kier molecular flexibility index (Phi) is 16.0. The van der Waals surface area contributed by atoms with E-state index in [1.165, 1.54) is 10.4 Å². The second-order valence-electron chi connectivity index (χ2n) is 9.13. The predicted octanol–water partition coefficient (Wildman–Crippen LogP) is 2.27. The highest BCUT2D eigenvalue weighted by Gasteiger charge is 2.36. The average molecular weight is 613 g/mol. The molecule has 0 bridgehead atoms. The van der Waals surface area contributed by atoms with Crippen molar-refractivity contribution in [1.29, 1.82) is 0 Å². The summed E-state index contributed by atoms with van der Waals surface area (Å²) in [6.07, 6.45) is 1.02. The molecular weight excluding hydrogens is 569 g/mol. The first-order valence-electron chi connectivity index (χ1n) is 13.6. The van der Waals surface area contributed by atoms with Crippen LogP contribution in [0.2, 0.25) is 6.04 Å². The van der Waals surface area contributed by atoms with Gasteiger partial charge in [0.05, 0.1) is 0 Å². The first-order chi connectivity index (χ1) is 19.5. The Morgan fingerprint density at radius 3 is 1.12 bits per heavy atom. The lowest BCUT2D eigenvalue weighted by Crippen LogP contribution is -2.69. The van der Waals surface area contributed by atoms with Gasteiger partial charge >= 0.3 is 6.69 Å². The van der Waals surface area contributed by atoms with Crippen LogP contribution in [0, 0.1) is 0 Å². The molecule has 0 fully saturated rings. The van der Waals surface area contributed by atoms with E-state index in [0.29, 0.717) is 19.6 Å². The van der Waals surface area contributed by atoms with E-state index in [0.717, 1.165) is 35.9 Å². The minimum atomic E-state index is -2.51. The minimum absolute atomic E-state index is 0.597. The maximum absolute atomic E-state index is 6.49. The Labute approximate surface area is 251 Å². The maximum Gasteiger partial charge on any atom is 0.310 e. The number of hydrogen-bond donors (Lipinski definition) is 5. The summed E-state index contributed by atoms with van der Waals surface area (Å²) in [5.41, 5.74) is 21.4. The van der Waals surface area contributed by atoms with Crippen LogP contribution in [0.3, 0.4) is 0 Å². The Morgan fingerprint density at radius 1 is 0.475 bits per heavy atom. The summed E-state index contributed by atoms with van der Waals surface area (Å²) in [6.45, 7) is 0.888. The monoisotopic (exact) mass is 611 g/mol. The van der Waals surface area contributed by atoms with E-state index in [-0.39, 0.29) is 0 Å². The highest BCUT2D eigenvalue weighted by molar-refractivity contribution is 7.56. The summed E-state index contributed by atoms with van der Waals surface area (Å²) in [4.78, 5) is 3.81. The van der Waals surface area contributed by atoms with E-state index in [1.54, 1.807) is 0 Å². The van der Waals surface area contributed by atoms with Crippen molar-refractivity contribution in [2.45, 2.75) is 12.5 Å². The third kappa shape index (κ3) is 10.3. The van der Waals surface area contributed by atoms with Crippen LogP contribution < -0.4 is 48.7 Å². The molecule has 0 saturated carbocycles. The molecule has 5 nitrogen and oxygen atoms in total. The van der Waals surface area contributed by atoms with E-state index in [2.05, 4.69) is 65.6 Å². The van der Waals surface area contributed by atoms with Gasteiger partial charge in [-0.15, -0.1) is 22.2 Å². The molecule has 0 unspecified atom stereocenters. The van der Waals surface area contributed by atoms with Crippen LogP contribution in [-0.2, 0) is 0 Å². The van der Waals surface area contributed by atoms with Crippen molar-refractivity contribution in [2.24, 2.45) is 22.9 Å². The van der Waals surface area contributed by atoms with Crippen LogP contribution in [0.1, 0.15) is 6.42 Å². The first-order valence-corrected chi connectivity index (χ1v) is 19.8. The van der Waals surface area contributed by atoms with Gasteiger partial charge in [0.15, 0.2) is 8.24 Å². The van der Waals surface area contributed by atoms with Gasteiger partial charge in [0, 0.05) is 26.2 Å². The van der Waals surface area contributed by atoms with E-state index >= 15 is 0 Å². The van der Waals surface area contributed by atoms with Crippen molar-refractivity contribution in [1.82, 2.24) is 4.98 Å². The van der Waals surface area contributed by atoms with Gasteiger partial charge in [-0.25, -0.2) is 0 Å². The van der Waals surface area contributed by atoms with E-state index in [1.807, 2.05) is 60.7 Å². The van der Waals surface area contributed by atoms with Crippen LogP contribution >= 0.6 is 22.2 Å². The lowest BCUT2D eigenvalue weighted by atomic mass is 10.4. The van der Waals surface area contributed by atoms with Crippen LogP contribution in [0.25, 0.3) is 0 Å².